The molecule has 2 rings (SSSR count). The molecule has 0 heterocycles. The summed E-state index contributed by atoms with van der Waals surface area (Å²) in [5.41, 5.74) is 3.43. The summed E-state index contributed by atoms with van der Waals surface area (Å²) >= 11 is 7.86. The maximum Gasteiger partial charge on any atom is 0.173 e. The third-order valence-electron chi connectivity index (χ3n) is 3.85. The van der Waals surface area contributed by atoms with Crippen molar-refractivity contribution >= 4 is 41.2 Å². The fraction of sp³-hybridized carbons (Fsp3) is 0.300. The van der Waals surface area contributed by atoms with E-state index in [4.69, 9.17) is 11.6 Å². The van der Waals surface area contributed by atoms with E-state index in [2.05, 4.69) is 11.1 Å². The van der Waals surface area contributed by atoms with Gasteiger partial charge in [0.2, 0.25) is 0 Å². The summed E-state index contributed by atoms with van der Waals surface area (Å²) in [4.78, 5) is 20.0. The van der Waals surface area contributed by atoms with Crippen LogP contribution in [0.1, 0.15) is 28.4 Å². The van der Waals surface area contributed by atoms with Crippen LogP contribution in [0.4, 0.5) is 5.69 Å². The van der Waals surface area contributed by atoms with Crippen molar-refractivity contribution in [3.8, 4) is 0 Å². The number of carbonyl (C=O) groups is 1. The summed E-state index contributed by atoms with van der Waals surface area (Å²) in [6.45, 7) is 6.88. The third kappa shape index (κ3) is 5.62. The molecule has 5 heteroatoms. The second-order valence-corrected chi connectivity index (χ2v) is 7.42. The number of nitrogens with zero attached hydrogens (tertiary/aromatic N) is 2. The number of Topliss-reactive ketones (excluding diaryl/α,β-unsaturated/α-hetero) is 1. The second kappa shape index (κ2) is 9.07. The molecule has 2 aromatic rings. The third-order valence-corrected chi connectivity index (χ3v) is 5.14. The van der Waals surface area contributed by atoms with Crippen LogP contribution >= 0.6 is 23.4 Å². The first kappa shape index (κ1) is 19.5. The molecule has 3 nitrogen and oxygen atoms in total. The van der Waals surface area contributed by atoms with Gasteiger partial charge in [-0.05, 0) is 50.6 Å². The van der Waals surface area contributed by atoms with Crippen molar-refractivity contribution in [2.45, 2.75) is 25.7 Å². The molecule has 25 heavy (non-hydrogen) atoms. The van der Waals surface area contributed by atoms with E-state index in [-0.39, 0.29) is 5.78 Å². The maximum atomic E-state index is 12.6. The van der Waals surface area contributed by atoms with Gasteiger partial charge >= 0.3 is 0 Å². The highest BCUT2D eigenvalue weighted by Crippen LogP contribution is 2.29. The number of aliphatic imine (C=N–C) groups is 1. The summed E-state index contributed by atoms with van der Waals surface area (Å²) in [6.07, 6.45) is 1.75. The van der Waals surface area contributed by atoms with Crippen molar-refractivity contribution in [2.24, 2.45) is 4.99 Å². The minimum absolute atomic E-state index is 0.0760. The van der Waals surface area contributed by atoms with Gasteiger partial charge in [-0.25, -0.2) is 4.99 Å². The Kier molecular flexibility index (Phi) is 7.09. The number of hydrogen-bond acceptors (Lipinski definition) is 3. The standard InChI is InChI=1S/C20H23ClN2OS/c1-5-23(4)13-22-19-10-15(3)17(11-18(19)21)20(24)12-25-16-8-6-7-14(2)9-16/h6-11,13H,5,12H2,1-4H3/b22-13-. The molecule has 0 fully saturated rings. The highest BCUT2D eigenvalue weighted by Gasteiger charge is 2.13. The highest BCUT2D eigenvalue weighted by atomic mass is 35.5. The average molecular weight is 375 g/mol. The highest BCUT2D eigenvalue weighted by molar-refractivity contribution is 8.00. The van der Waals surface area contributed by atoms with Crippen LogP contribution in [0.5, 0.6) is 0 Å². The Morgan fingerprint density at radius 3 is 2.72 bits per heavy atom. The zero-order valence-electron chi connectivity index (χ0n) is 15.0. The first-order valence-corrected chi connectivity index (χ1v) is 9.54. The smallest absolute Gasteiger partial charge is 0.173 e. The molecule has 0 aliphatic rings. The van der Waals surface area contributed by atoms with Gasteiger partial charge < -0.3 is 4.90 Å². The fourth-order valence-corrected chi connectivity index (χ4v) is 3.35. The lowest BCUT2D eigenvalue weighted by molar-refractivity contribution is 0.102. The van der Waals surface area contributed by atoms with Gasteiger partial charge in [0.15, 0.2) is 5.78 Å². The number of benzene rings is 2. The van der Waals surface area contributed by atoms with Gasteiger partial charge in [0.05, 0.1) is 22.8 Å². The van der Waals surface area contributed by atoms with Gasteiger partial charge in [-0.2, -0.15) is 0 Å². The first-order valence-electron chi connectivity index (χ1n) is 8.18. The molecule has 0 bridgehead atoms. The minimum Gasteiger partial charge on any atom is -0.366 e. The van der Waals surface area contributed by atoms with E-state index >= 15 is 0 Å². The molecule has 0 saturated carbocycles. The zero-order valence-corrected chi connectivity index (χ0v) is 16.6. The van der Waals surface area contributed by atoms with Crippen molar-refractivity contribution < 1.29 is 4.79 Å². The Bertz CT molecular complexity index is 789. The number of hydrogen-bond donors (Lipinski definition) is 0. The van der Waals surface area contributed by atoms with E-state index in [1.807, 2.05) is 57.0 Å². The molecule has 0 atom stereocenters. The second-order valence-electron chi connectivity index (χ2n) is 5.96. The van der Waals surface area contributed by atoms with Crippen molar-refractivity contribution in [1.29, 1.82) is 0 Å². The normalized spacial score (nSPS) is 11.1. The first-order chi connectivity index (χ1) is 11.9. The van der Waals surface area contributed by atoms with Gasteiger partial charge in [-0.1, -0.05) is 29.3 Å². The number of aryl methyl sites for hydroxylation is 2. The van der Waals surface area contributed by atoms with E-state index in [1.54, 1.807) is 24.2 Å². The van der Waals surface area contributed by atoms with Crippen LogP contribution in [0.3, 0.4) is 0 Å². The van der Waals surface area contributed by atoms with Crippen LogP contribution in [-0.2, 0) is 0 Å². The number of thioether (sulfide) groups is 1. The summed E-state index contributed by atoms with van der Waals surface area (Å²) in [7, 11) is 1.95. The zero-order chi connectivity index (χ0) is 18.4. The number of carbonyl (C=O) groups excluding carboxylic acids is 1. The Balaban J connectivity index is 2.12. The Morgan fingerprint density at radius 1 is 1.28 bits per heavy atom. The Labute approximate surface area is 159 Å². The molecule has 2 aromatic carbocycles. The molecule has 0 radical (unpaired) electrons. The SMILES string of the molecule is CCN(C)/C=N\c1cc(C)c(C(=O)CSc2cccc(C)c2)cc1Cl. The lowest BCUT2D eigenvalue weighted by atomic mass is 10.0. The molecule has 0 N–H and O–H groups in total. The van der Waals surface area contributed by atoms with Crippen LogP contribution < -0.4 is 0 Å². The molecular weight excluding hydrogens is 352 g/mol. The van der Waals surface area contributed by atoms with Crippen LogP contribution in [0, 0.1) is 13.8 Å². The molecule has 0 spiro atoms. The number of ketones is 1. The van der Waals surface area contributed by atoms with Crippen molar-refractivity contribution in [2.75, 3.05) is 19.3 Å². The van der Waals surface area contributed by atoms with Crippen LogP contribution in [-0.4, -0.2) is 36.4 Å². The summed E-state index contributed by atoms with van der Waals surface area (Å²) < 4.78 is 0. The maximum absolute atomic E-state index is 12.6. The lowest BCUT2D eigenvalue weighted by Gasteiger charge is -2.10. The van der Waals surface area contributed by atoms with E-state index in [9.17, 15) is 4.79 Å². The Morgan fingerprint density at radius 2 is 2.04 bits per heavy atom. The van der Waals surface area contributed by atoms with Gasteiger partial charge in [-0.15, -0.1) is 11.8 Å². The summed E-state index contributed by atoms with van der Waals surface area (Å²) in [6, 6.07) is 11.8. The molecule has 0 aliphatic carbocycles. The van der Waals surface area contributed by atoms with Gasteiger partial charge in [0.25, 0.3) is 0 Å². The average Bonchev–Trinajstić information content (AvgIpc) is 2.59. The largest absolute Gasteiger partial charge is 0.366 e. The molecule has 0 aliphatic heterocycles. The van der Waals surface area contributed by atoms with E-state index in [0.29, 0.717) is 22.0 Å². The van der Waals surface area contributed by atoms with E-state index < -0.39 is 0 Å². The monoisotopic (exact) mass is 374 g/mol. The molecule has 132 valence electrons. The predicted molar refractivity (Wildman–Crippen MR) is 109 cm³/mol. The van der Waals surface area contributed by atoms with Crippen molar-refractivity contribution in [1.82, 2.24) is 4.90 Å². The predicted octanol–water partition coefficient (Wildman–Crippen LogP) is 5.54. The Hall–Kier alpha value is -1.78. The van der Waals surface area contributed by atoms with E-state index in [1.165, 1.54) is 5.56 Å². The summed E-state index contributed by atoms with van der Waals surface area (Å²) in [5.74, 6) is 0.467. The van der Waals surface area contributed by atoms with Gasteiger partial charge in [0.1, 0.15) is 0 Å². The summed E-state index contributed by atoms with van der Waals surface area (Å²) in [5, 5.41) is 0.496. The molecular formula is C20H23ClN2OS. The topological polar surface area (TPSA) is 32.7 Å². The fourth-order valence-electron chi connectivity index (χ4n) is 2.24. The minimum atomic E-state index is 0.0760. The van der Waals surface area contributed by atoms with E-state index in [0.717, 1.165) is 17.0 Å². The van der Waals surface area contributed by atoms with Gasteiger partial charge in [0, 0.05) is 24.1 Å². The lowest BCUT2D eigenvalue weighted by Crippen LogP contribution is -2.14. The number of rotatable bonds is 7. The molecule has 0 aromatic heterocycles. The van der Waals surface area contributed by atoms with Gasteiger partial charge in [-0.3, -0.25) is 4.79 Å². The van der Waals surface area contributed by atoms with Crippen molar-refractivity contribution in [3.63, 3.8) is 0 Å². The van der Waals surface area contributed by atoms with Crippen molar-refractivity contribution in [3.05, 3.63) is 58.1 Å². The van der Waals surface area contributed by atoms with Crippen LogP contribution in [0.2, 0.25) is 5.02 Å². The van der Waals surface area contributed by atoms with Crippen LogP contribution in [0.15, 0.2) is 46.3 Å². The number of halogens is 1. The quantitative estimate of drug-likeness (QED) is 0.276. The molecule has 0 unspecified atom stereocenters. The molecule has 0 amide bonds. The molecule has 0 saturated heterocycles. The van der Waals surface area contributed by atoms with Crippen LogP contribution in [0.25, 0.3) is 0 Å².